The summed E-state index contributed by atoms with van der Waals surface area (Å²) in [6, 6.07) is 14.9. The molecule has 2 aromatic carbocycles. The minimum atomic E-state index is -1.15. The first kappa shape index (κ1) is 26.4. The molecule has 1 aliphatic rings. The molecule has 5 rings (SSSR count). The van der Waals surface area contributed by atoms with E-state index in [9.17, 15) is 0 Å². The SMILES string of the molecule is CCN(CC)c1nccc(-c2ccc(OCC3COC(Cn4cncn4)(c4ccc(Cl)cc4Cl)O3)cc2)n1. The van der Waals surface area contributed by atoms with Gasteiger partial charge in [-0.3, -0.25) is 0 Å². The molecule has 0 spiro atoms. The highest BCUT2D eigenvalue weighted by Crippen LogP contribution is 2.40. The van der Waals surface area contributed by atoms with Crippen molar-refractivity contribution < 1.29 is 14.2 Å². The summed E-state index contributed by atoms with van der Waals surface area (Å²) in [7, 11) is 0. The zero-order chi connectivity index (χ0) is 26.5. The number of hydrogen-bond donors (Lipinski definition) is 0. The van der Waals surface area contributed by atoms with E-state index in [4.69, 9.17) is 42.4 Å². The molecule has 0 radical (unpaired) electrons. The van der Waals surface area contributed by atoms with E-state index < -0.39 is 5.79 Å². The Morgan fingerprint density at radius 1 is 1.11 bits per heavy atom. The first-order valence-electron chi connectivity index (χ1n) is 12.4. The minimum absolute atomic E-state index is 0.272. The molecule has 1 fully saturated rings. The third kappa shape index (κ3) is 5.76. The molecule has 198 valence electrons. The van der Waals surface area contributed by atoms with Crippen LogP contribution in [0.5, 0.6) is 5.75 Å². The number of aromatic nitrogens is 5. The molecule has 3 heterocycles. The molecule has 0 bridgehead atoms. The first-order chi connectivity index (χ1) is 18.5. The van der Waals surface area contributed by atoms with Crippen molar-refractivity contribution >= 4 is 29.2 Å². The standard InChI is InChI=1S/C27H28Cl2N6O3/c1-3-34(4-2)26-31-12-11-25(33-26)19-5-8-21(9-6-19)36-14-22-15-37-27(38-22,16-35-18-30-17-32-35)23-10-7-20(28)13-24(23)29/h5-13,17-18,22H,3-4,14-16H2,1-2H3. The topological polar surface area (TPSA) is 87.4 Å². The van der Waals surface area contributed by atoms with Crippen LogP contribution < -0.4 is 9.64 Å². The van der Waals surface area contributed by atoms with Gasteiger partial charge in [0.1, 0.15) is 37.7 Å². The van der Waals surface area contributed by atoms with Crippen LogP contribution in [-0.2, 0) is 21.8 Å². The molecule has 2 atom stereocenters. The highest BCUT2D eigenvalue weighted by atomic mass is 35.5. The highest BCUT2D eigenvalue weighted by Gasteiger charge is 2.45. The first-order valence-corrected chi connectivity index (χ1v) is 13.2. The van der Waals surface area contributed by atoms with Crippen LogP contribution in [0.2, 0.25) is 10.0 Å². The largest absolute Gasteiger partial charge is 0.491 e. The maximum Gasteiger partial charge on any atom is 0.225 e. The molecular formula is C27H28Cl2N6O3. The van der Waals surface area contributed by atoms with Gasteiger partial charge in [-0.2, -0.15) is 5.10 Å². The number of hydrogen-bond acceptors (Lipinski definition) is 8. The van der Waals surface area contributed by atoms with E-state index >= 15 is 0 Å². The van der Waals surface area contributed by atoms with Crippen molar-refractivity contribution in [1.82, 2.24) is 24.7 Å². The van der Waals surface area contributed by atoms with Gasteiger partial charge in [-0.05, 0) is 56.3 Å². The number of anilines is 1. The number of halogens is 2. The molecule has 11 heteroatoms. The summed E-state index contributed by atoms with van der Waals surface area (Å²) >= 11 is 12.7. The van der Waals surface area contributed by atoms with Gasteiger partial charge >= 0.3 is 0 Å². The van der Waals surface area contributed by atoms with Crippen LogP contribution in [0.15, 0.2) is 67.4 Å². The zero-order valence-corrected chi connectivity index (χ0v) is 22.6. The quantitative estimate of drug-likeness (QED) is 0.263. The lowest BCUT2D eigenvalue weighted by atomic mass is 10.1. The zero-order valence-electron chi connectivity index (χ0n) is 21.1. The summed E-state index contributed by atoms with van der Waals surface area (Å²) < 4.78 is 20.3. The van der Waals surface area contributed by atoms with Crippen molar-refractivity contribution in [2.24, 2.45) is 0 Å². The Labute approximate surface area is 231 Å². The Balaban J connectivity index is 1.26. The van der Waals surface area contributed by atoms with Crippen molar-refractivity contribution in [2.45, 2.75) is 32.3 Å². The molecule has 2 aromatic heterocycles. The molecule has 1 aliphatic heterocycles. The van der Waals surface area contributed by atoms with Gasteiger partial charge in [0.05, 0.1) is 17.3 Å². The molecule has 4 aromatic rings. The van der Waals surface area contributed by atoms with E-state index in [2.05, 4.69) is 33.8 Å². The normalized spacial score (nSPS) is 19.0. The van der Waals surface area contributed by atoms with E-state index in [0.29, 0.717) is 34.6 Å². The van der Waals surface area contributed by atoms with Crippen LogP contribution in [0.4, 0.5) is 5.95 Å². The summed E-state index contributed by atoms with van der Waals surface area (Å²) in [5.41, 5.74) is 2.51. The van der Waals surface area contributed by atoms with Crippen LogP contribution in [0, 0.1) is 0 Å². The average molecular weight is 555 g/mol. The van der Waals surface area contributed by atoms with Crippen molar-refractivity contribution in [3.8, 4) is 17.0 Å². The molecule has 0 aliphatic carbocycles. The second-order valence-electron chi connectivity index (χ2n) is 8.77. The molecule has 38 heavy (non-hydrogen) atoms. The van der Waals surface area contributed by atoms with Crippen molar-refractivity contribution in [3.05, 3.63) is 83.0 Å². The molecule has 1 saturated heterocycles. The minimum Gasteiger partial charge on any atom is -0.491 e. The number of benzene rings is 2. The molecule has 0 amide bonds. The fraction of sp³-hybridized carbons (Fsp3) is 0.333. The van der Waals surface area contributed by atoms with Gasteiger partial charge in [-0.25, -0.2) is 19.6 Å². The van der Waals surface area contributed by atoms with Crippen LogP contribution in [0.1, 0.15) is 19.4 Å². The van der Waals surface area contributed by atoms with Crippen molar-refractivity contribution in [3.63, 3.8) is 0 Å². The second-order valence-corrected chi connectivity index (χ2v) is 9.61. The summed E-state index contributed by atoms with van der Waals surface area (Å²) in [5, 5.41) is 5.19. The molecule has 0 N–H and O–H groups in total. The monoisotopic (exact) mass is 554 g/mol. The maximum atomic E-state index is 6.54. The van der Waals surface area contributed by atoms with Crippen LogP contribution in [-0.4, -0.2) is 57.1 Å². The van der Waals surface area contributed by atoms with E-state index in [-0.39, 0.29) is 12.6 Å². The van der Waals surface area contributed by atoms with Gasteiger partial charge in [-0.1, -0.05) is 29.3 Å². The summed E-state index contributed by atoms with van der Waals surface area (Å²) in [4.78, 5) is 15.3. The lowest BCUT2D eigenvalue weighted by molar-refractivity contribution is -0.190. The van der Waals surface area contributed by atoms with Crippen molar-refractivity contribution in [1.29, 1.82) is 0 Å². The van der Waals surface area contributed by atoms with Crippen LogP contribution in [0.25, 0.3) is 11.3 Å². The predicted octanol–water partition coefficient (Wildman–Crippen LogP) is 5.24. The average Bonchev–Trinajstić information content (AvgIpc) is 3.59. The third-order valence-corrected chi connectivity index (χ3v) is 6.86. The predicted molar refractivity (Wildman–Crippen MR) is 146 cm³/mol. The Hall–Kier alpha value is -3.24. The lowest BCUT2D eigenvalue weighted by Gasteiger charge is -2.29. The van der Waals surface area contributed by atoms with E-state index in [1.54, 1.807) is 29.3 Å². The van der Waals surface area contributed by atoms with Crippen LogP contribution in [0.3, 0.4) is 0 Å². The van der Waals surface area contributed by atoms with Gasteiger partial charge in [0, 0.05) is 35.4 Å². The summed E-state index contributed by atoms with van der Waals surface area (Å²) in [6.07, 6.45) is 4.52. The lowest BCUT2D eigenvalue weighted by Crippen LogP contribution is -2.35. The Morgan fingerprint density at radius 2 is 1.92 bits per heavy atom. The van der Waals surface area contributed by atoms with Gasteiger partial charge in [-0.15, -0.1) is 0 Å². The van der Waals surface area contributed by atoms with Gasteiger partial charge < -0.3 is 19.1 Å². The van der Waals surface area contributed by atoms with E-state index in [1.165, 1.54) is 6.33 Å². The second kappa shape index (κ2) is 11.7. The molecular weight excluding hydrogens is 527 g/mol. The van der Waals surface area contributed by atoms with Gasteiger partial charge in [0.25, 0.3) is 0 Å². The Kier molecular flexibility index (Phi) is 8.09. The Morgan fingerprint density at radius 3 is 2.63 bits per heavy atom. The fourth-order valence-corrected chi connectivity index (χ4v) is 4.91. The third-order valence-electron chi connectivity index (χ3n) is 6.31. The van der Waals surface area contributed by atoms with E-state index in [1.807, 2.05) is 36.4 Å². The number of rotatable bonds is 10. The maximum absolute atomic E-state index is 6.54. The van der Waals surface area contributed by atoms with Gasteiger partial charge in [0.15, 0.2) is 0 Å². The van der Waals surface area contributed by atoms with E-state index in [0.717, 1.165) is 30.3 Å². The number of ether oxygens (including phenoxy) is 3. The summed E-state index contributed by atoms with van der Waals surface area (Å²) in [6.45, 7) is 6.77. The Bertz CT molecular complexity index is 1350. The fourth-order valence-electron chi connectivity index (χ4n) is 4.36. The van der Waals surface area contributed by atoms with Gasteiger partial charge in [0.2, 0.25) is 11.7 Å². The summed E-state index contributed by atoms with van der Waals surface area (Å²) in [5.74, 6) is 0.290. The number of nitrogens with zero attached hydrogens (tertiary/aromatic N) is 6. The smallest absolute Gasteiger partial charge is 0.225 e. The molecule has 9 nitrogen and oxygen atoms in total. The van der Waals surface area contributed by atoms with Crippen LogP contribution >= 0.6 is 23.2 Å². The molecule has 2 unspecified atom stereocenters. The highest BCUT2D eigenvalue weighted by molar-refractivity contribution is 6.35. The molecule has 0 saturated carbocycles. The van der Waals surface area contributed by atoms with Crippen molar-refractivity contribution in [2.75, 3.05) is 31.2 Å².